The number of furan rings is 1. The van der Waals surface area contributed by atoms with Crippen molar-refractivity contribution in [3.63, 3.8) is 0 Å². The van der Waals surface area contributed by atoms with Gasteiger partial charge in [-0.25, -0.2) is 0 Å². The second kappa shape index (κ2) is 6.26. The third-order valence-electron chi connectivity index (χ3n) is 3.16. The molecule has 0 aromatic carbocycles. The van der Waals surface area contributed by atoms with E-state index in [9.17, 15) is 4.79 Å². The molecule has 0 saturated heterocycles. The smallest absolute Gasteiger partial charge is 0.276 e. The summed E-state index contributed by atoms with van der Waals surface area (Å²) >= 11 is 0. The van der Waals surface area contributed by atoms with Crippen molar-refractivity contribution in [2.75, 3.05) is 0 Å². The highest BCUT2D eigenvalue weighted by atomic mass is 16.5. The molecule has 112 valence electrons. The van der Waals surface area contributed by atoms with E-state index in [4.69, 9.17) is 8.94 Å². The molecule has 0 saturated carbocycles. The van der Waals surface area contributed by atoms with Crippen LogP contribution in [0.5, 0.6) is 0 Å². The lowest BCUT2D eigenvalue weighted by Gasteiger charge is -2.20. The van der Waals surface area contributed by atoms with E-state index in [1.54, 1.807) is 42.6 Å². The maximum atomic E-state index is 12.6. The molecule has 6 nitrogen and oxygen atoms in total. The zero-order valence-corrected chi connectivity index (χ0v) is 12.1. The maximum Gasteiger partial charge on any atom is 0.276 e. The van der Waals surface area contributed by atoms with Gasteiger partial charge in [-0.3, -0.25) is 9.78 Å². The second-order valence-electron chi connectivity index (χ2n) is 4.92. The molecule has 1 amide bonds. The van der Waals surface area contributed by atoms with Gasteiger partial charge in [-0.05, 0) is 30.7 Å². The molecule has 0 spiro atoms. The average molecular weight is 297 g/mol. The minimum absolute atomic E-state index is 0.211. The molecule has 0 N–H and O–H groups in total. The Morgan fingerprint density at radius 3 is 2.82 bits per heavy atom. The standard InChI is InChI=1S/C16H15N3O3/c1-12-8-15(18-22-12)16(20)19(11-14-5-3-7-21-14)10-13-4-2-6-17-9-13/h2-9H,10-11H2,1H3. The van der Waals surface area contributed by atoms with Crippen LogP contribution in [-0.4, -0.2) is 20.9 Å². The van der Waals surface area contributed by atoms with Crippen LogP contribution in [0.1, 0.15) is 27.6 Å². The van der Waals surface area contributed by atoms with Crippen LogP contribution in [0, 0.1) is 6.92 Å². The van der Waals surface area contributed by atoms with Crippen LogP contribution in [0.25, 0.3) is 0 Å². The number of hydrogen-bond acceptors (Lipinski definition) is 5. The molecule has 3 aromatic heterocycles. The van der Waals surface area contributed by atoms with E-state index in [0.717, 1.165) is 5.56 Å². The Labute approximate surface area is 127 Å². The Bertz CT molecular complexity index is 735. The van der Waals surface area contributed by atoms with E-state index in [2.05, 4.69) is 10.1 Å². The summed E-state index contributed by atoms with van der Waals surface area (Å²) in [6.45, 7) is 2.52. The number of carbonyl (C=O) groups excluding carboxylic acids is 1. The van der Waals surface area contributed by atoms with Gasteiger partial charge in [-0.2, -0.15) is 0 Å². The van der Waals surface area contributed by atoms with Crippen LogP contribution in [0.4, 0.5) is 0 Å². The summed E-state index contributed by atoms with van der Waals surface area (Å²) < 4.78 is 10.3. The lowest BCUT2D eigenvalue weighted by Crippen LogP contribution is -2.30. The highest BCUT2D eigenvalue weighted by Crippen LogP contribution is 2.14. The Hall–Kier alpha value is -2.89. The van der Waals surface area contributed by atoms with Gasteiger partial charge in [0.1, 0.15) is 11.5 Å². The second-order valence-corrected chi connectivity index (χ2v) is 4.92. The third kappa shape index (κ3) is 3.22. The largest absolute Gasteiger partial charge is 0.467 e. The Morgan fingerprint density at radius 1 is 1.27 bits per heavy atom. The quantitative estimate of drug-likeness (QED) is 0.724. The highest BCUT2D eigenvalue weighted by Gasteiger charge is 2.21. The van der Waals surface area contributed by atoms with Crippen molar-refractivity contribution >= 4 is 5.91 Å². The normalized spacial score (nSPS) is 10.6. The van der Waals surface area contributed by atoms with Gasteiger partial charge in [0.05, 0.1) is 12.8 Å². The summed E-state index contributed by atoms with van der Waals surface area (Å²) in [5.74, 6) is 1.09. The van der Waals surface area contributed by atoms with Crippen LogP contribution >= 0.6 is 0 Å². The summed E-state index contributed by atoms with van der Waals surface area (Å²) in [6, 6.07) is 9.01. The van der Waals surface area contributed by atoms with E-state index >= 15 is 0 Å². The minimum atomic E-state index is -0.211. The van der Waals surface area contributed by atoms with Gasteiger partial charge < -0.3 is 13.8 Å². The average Bonchev–Trinajstić information content (AvgIpc) is 3.18. The lowest BCUT2D eigenvalue weighted by molar-refractivity contribution is 0.0707. The molecular formula is C16H15N3O3. The molecule has 22 heavy (non-hydrogen) atoms. The van der Waals surface area contributed by atoms with Gasteiger partial charge in [0.25, 0.3) is 5.91 Å². The molecule has 6 heteroatoms. The van der Waals surface area contributed by atoms with Gasteiger partial charge in [0.2, 0.25) is 0 Å². The fraction of sp³-hybridized carbons (Fsp3) is 0.188. The van der Waals surface area contributed by atoms with Crippen LogP contribution in [0.15, 0.2) is 57.9 Å². The summed E-state index contributed by atoms with van der Waals surface area (Å²) in [7, 11) is 0. The molecule has 0 aliphatic heterocycles. The van der Waals surface area contributed by atoms with Crippen molar-refractivity contribution in [3.8, 4) is 0 Å². The van der Waals surface area contributed by atoms with Crippen molar-refractivity contribution in [3.05, 3.63) is 71.8 Å². The summed E-state index contributed by atoms with van der Waals surface area (Å²) in [5, 5.41) is 3.80. The first kappa shape index (κ1) is 14.1. The number of aryl methyl sites for hydroxylation is 1. The van der Waals surface area contributed by atoms with Crippen molar-refractivity contribution < 1.29 is 13.7 Å². The predicted molar refractivity (Wildman–Crippen MR) is 77.8 cm³/mol. The molecule has 3 rings (SSSR count). The van der Waals surface area contributed by atoms with Crippen LogP contribution < -0.4 is 0 Å². The van der Waals surface area contributed by atoms with Crippen molar-refractivity contribution in [2.45, 2.75) is 20.0 Å². The molecule has 0 fully saturated rings. The van der Waals surface area contributed by atoms with Gasteiger partial charge >= 0.3 is 0 Å². The molecule has 0 unspecified atom stereocenters. The fourth-order valence-corrected chi connectivity index (χ4v) is 2.13. The Balaban J connectivity index is 1.83. The predicted octanol–water partition coefficient (Wildman–Crippen LogP) is 2.81. The molecule has 3 heterocycles. The Kier molecular flexibility index (Phi) is 4.00. The number of hydrogen-bond donors (Lipinski definition) is 0. The van der Waals surface area contributed by atoms with Gasteiger partial charge in [0, 0.05) is 25.0 Å². The molecule has 0 aliphatic carbocycles. The first-order valence-electron chi connectivity index (χ1n) is 6.86. The van der Waals surface area contributed by atoms with Crippen molar-refractivity contribution in [1.82, 2.24) is 15.0 Å². The lowest BCUT2D eigenvalue weighted by atomic mass is 10.2. The van der Waals surface area contributed by atoms with E-state index in [-0.39, 0.29) is 11.6 Å². The maximum absolute atomic E-state index is 12.6. The van der Waals surface area contributed by atoms with E-state index in [1.807, 2.05) is 18.2 Å². The fourth-order valence-electron chi connectivity index (χ4n) is 2.13. The molecule has 0 bridgehead atoms. The van der Waals surface area contributed by atoms with E-state index in [0.29, 0.717) is 24.6 Å². The number of amides is 1. The van der Waals surface area contributed by atoms with Gasteiger partial charge in [-0.1, -0.05) is 11.2 Å². The third-order valence-corrected chi connectivity index (χ3v) is 3.16. The van der Waals surface area contributed by atoms with E-state index < -0.39 is 0 Å². The van der Waals surface area contributed by atoms with Crippen molar-refractivity contribution in [2.24, 2.45) is 0 Å². The van der Waals surface area contributed by atoms with Gasteiger partial charge in [-0.15, -0.1) is 0 Å². The summed E-state index contributed by atoms with van der Waals surface area (Å²) in [6.07, 6.45) is 5.02. The first-order chi connectivity index (χ1) is 10.7. The number of rotatable bonds is 5. The topological polar surface area (TPSA) is 72.4 Å². The van der Waals surface area contributed by atoms with Crippen molar-refractivity contribution in [1.29, 1.82) is 0 Å². The number of carbonyl (C=O) groups is 1. The van der Waals surface area contributed by atoms with Crippen LogP contribution in [0.2, 0.25) is 0 Å². The summed E-state index contributed by atoms with van der Waals surface area (Å²) in [5.41, 5.74) is 1.22. The molecule has 0 atom stereocenters. The zero-order chi connectivity index (χ0) is 15.4. The van der Waals surface area contributed by atoms with Crippen LogP contribution in [-0.2, 0) is 13.1 Å². The number of aromatic nitrogens is 2. The first-order valence-corrected chi connectivity index (χ1v) is 6.86. The van der Waals surface area contributed by atoms with Gasteiger partial charge in [0.15, 0.2) is 5.69 Å². The number of pyridine rings is 1. The minimum Gasteiger partial charge on any atom is -0.467 e. The number of nitrogens with zero attached hydrogens (tertiary/aromatic N) is 3. The zero-order valence-electron chi connectivity index (χ0n) is 12.1. The van der Waals surface area contributed by atoms with E-state index in [1.165, 1.54) is 0 Å². The highest BCUT2D eigenvalue weighted by molar-refractivity contribution is 5.92. The Morgan fingerprint density at radius 2 is 2.18 bits per heavy atom. The molecular weight excluding hydrogens is 282 g/mol. The van der Waals surface area contributed by atoms with Crippen LogP contribution in [0.3, 0.4) is 0 Å². The molecule has 0 aliphatic rings. The SMILES string of the molecule is Cc1cc(C(=O)N(Cc2cccnc2)Cc2ccco2)no1. The molecule has 0 radical (unpaired) electrons. The molecule has 3 aromatic rings. The monoisotopic (exact) mass is 297 g/mol. The summed E-state index contributed by atoms with van der Waals surface area (Å²) in [4.78, 5) is 18.4.